The van der Waals surface area contributed by atoms with E-state index in [4.69, 9.17) is 4.74 Å². The van der Waals surface area contributed by atoms with E-state index < -0.39 is 8.24 Å². The van der Waals surface area contributed by atoms with Crippen LogP contribution in [0.4, 0.5) is 0 Å². The van der Waals surface area contributed by atoms with E-state index in [1.165, 1.54) is 47.4 Å². The molecule has 3 rings (SSSR count). The molecule has 32 heavy (non-hydrogen) atoms. The van der Waals surface area contributed by atoms with Gasteiger partial charge in [-0.2, -0.15) is 0 Å². The summed E-state index contributed by atoms with van der Waals surface area (Å²) in [6.07, 6.45) is 5.05. The Morgan fingerprint density at radius 2 is 1.62 bits per heavy atom. The Morgan fingerprint density at radius 1 is 0.969 bits per heavy atom. The maximum atomic E-state index is 5.91. The van der Waals surface area contributed by atoms with Crippen molar-refractivity contribution >= 4 is 35.2 Å². The normalized spacial score (nSPS) is 19.0. The molecule has 0 amide bonds. The Morgan fingerprint density at radius 3 is 2.28 bits per heavy atom. The molecule has 0 spiro atoms. The van der Waals surface area contributed by atoms with Crippen molar-refractivity contribution in [1.82, 2.24) is 4.98 Å². The minimum Gasteiger partial charge on any atom is -0.376 e. The van der Waals surface area contributed by atoms with Gasteiger partial charge in [0.15, 0.2) is 0 Å². The molecular formula is C28H45NOSSi. The lowest BCUT2D eigenvalue weighted by Crippen LogP contribution is -2.60. The first-order chi connectivity index (χ1) is 14.8. The molecule has 1 aromatic heterocycles. The maximum absolute atomic E-state index is 5.91. The standard InChI is InChI=1S/C28H45NOSSi/c1-20-21(2)26(25-24(20)22-16-12-13-17-23(22)31-25)32(9,29-27(3,4)5)19-15-11-10-14-18-30-28(6,7)8/h12-13,16-17,26,29H,10-11,14-15,18-19H2,1-9H3. The summed E-state index contributed by atoms with van der Waals surface area (Å²) in [6, 6.07) is 10.3. The van der Waals surface area contributed by atoms with Gasteiger partial charge in [0.25, 0.3) is 0 Å². The Labute approximate surface area is 201 Å². The first-order valence-electron chi connectivity index (χ1n) is 12.4. The highest BCUT2D eigenvalue weighted by molar-refractivity contribution is 7.20. The fourth-order valence-corrected chi connectivity index (χ4v) is 12.9. The average Bonchev–Trinajstić information content (AvgIpc) is 3.13. The van der Waals surface area contributed by atoms with Crippen LogP contribution < -0.4 is 4.98 Å². The number of unbranched alkanes of at least 4 members (excludes halogenated alkanes) is 3. The molecule has 0 saturated carbocycles. The van der Waals surface area contributed by atoms with Crippen LogP contribution in [-0.2, 0) is 4.74 Å². The third-order valence-electron chi connectivity index (χ3n) is 6.71. The lowest BCUT2D eigenvalue weighted by Gasteiger charge is -2.41. The zero-order valence-corrected chi connectivity index (χ0v) is 23.8. The first-order valence-corrected chi connectivity index (χ1v) is 16.0. The fourth-order valence-electron chi connectivity index (χ4n) is 5.49. The van der Waals surface area contributed by atoms with Crippen molar-refractivity contribution in [1.29, 1.82) is 0 Å². The molecule has 0 fully saturated rings. The lowest BCUT2D eigenvalue weighted by molar-refractivity contribution is -0.00471. The molecule has 0 bridgehead atoms. The van der Waals surface area contributed by atoms with Gasteiger partial charge in [0.2, 0.25) is 0 Å². The number of hydrogen-bond donors (Lipinski definition) is 1. The second-order valence-electron chi connectivity index (χ2n) is 12.0. The van der Waals surface area contributed by atoms with Gasteiger partial charge in [-0.05, 0) is 85.1 Å². The molecule has 2 atom stereocenters. The molecule has 0 aliphatic heterocycles. The van der Waals surface area contributed by atoms with Crippen LogP contribution in [0.15, 0.2) is 29.8 Å². The van der Waals surface area contributed by atoms with E-state index in [-0.39, 0.29) is 11.1 Å². The predicted octanol–water partition coefficient (Wildman–Crippen LogP) is 8.67. The number of rotatable bonds is 9. The van der Waals surface area contributed by atoms with E-state index in [1.54, 1.807) is 16.0 Å². The minimum absolute atomic E-state index is 0.0196. The molecule has 0 saturated heterocycles. The molecule has 2 aromatic rings. The van der Waals surface area contributed by atoms with E-state index in [1.807, 2.05) is 11.3 Å². The largest absolute Gasteiger partial charge is 0.376 e. The van der Waals surface area contributed by atoms with Gasteiger partial charge in [-0.1, -0.05) is 49.6 Å². The quantitative estimate of drug-likeness (QED) is 0.292. The van der Waals surface area contributed by atoms with Crippen LogP contribution in [0.2, 0.25) is 12.6 Å². The second-order valence-corrected chi connectivity index (χ2v) is 17.2. The van der Waals surface area contributed by atoms with Crippen LogP contribution in [0.1, 0.15) is 97.1 Å². The van der Waals surface area contributed by atoms with E-state index in [2.05, 4.69) is 91.2 Å². The molecular weight excluding hydrogens is 426 g/mol. The summed E-state index contributed by atoms with van der Waals surface area (Å²) in [4.78, 5) is 5.85. The van der Waals surface area contributed by atoms with Crippen LogP contribution in [0.3, 0.4) is 0 Å². The van der Waals surface area contributed by atoms with Gasteiger partial charge in [-0.25, -0.2) is 0 Å². The maximum Gasteiger partial charge on any atom is 0.135 e. The molecule has 1 aromatic carbocycles. The van der Waals surface area contributed by atoms with Crippen LogP contribution in [0.5, 0.6) is 0 Å². The zero-order valence-electron chi connectivity index (χ0n) is 21.9. The highest BCUT2D eigenvalue weighted by atomic mass is 32.1. The number of allylic oxidation sites excluding steroid dienone is 2. The van der Waals surface area contributed by atoms with E-state index >= 15 is 0 Å². The van der Waals surface area contributed by atoms with Crippen LogP contribution in [0, 0.1) is 0 Å². The molecule has 2 nitrogen and oxygen atoms in total. The van der Waals surface area contributed by atoms with Crippen molar-refractivity contribution < 1.29 is 4.74 Å². The third kappa shape index (κ3) is 5.94. The molecule has 0 radical (unpaired) electrons. The molecule has 1 heterocycles. The SMILES string of the molecule is CC1=C(C)C([Si](C)(CCCCCCOC(C)(C)C)NC(C)(C)C)c2sc3ccccc3c21. The summed E-state index contributed by atoms with van der Waals surface area (Å²) in [5.41, 5.74) is 5.38. The summed E-state index contributed by atoms with van der Waals surface area (Å²) in [5.74, 6) is 0. The van der Waals surface area contributed by atoms with Gasteiger partial charge >= 0.3 is 0 Å². The van der Waals surface area contributed by atoms with Gasteiger partial charge < -0.3 is 9.72 Å². The number of hydrogen-bond acceptors (Lipinski definition) is 3. The summed E-state index contributed by atoms with van der Waals surface area (Å²) in [5, 5.41) is 1.46. The fraction of sp³-hybridized carbons (Fsp3) is 0.643. The smallest absolute Gasteiger partial charge is 0.135 e. The summed E-state index contributed by atoms with van der Waals surface area (Å²) in [7, 11) is -1.80. The second kappa shape index (κ2) is 9.73. The molecule has 1 aliphatic rings. The number of ether oxygens (including phenoxy) is 1. The van der Waals surface area contributed by atoms with Crippen LogP contribution in [0.25, 0.3) is 15.7 Å². The Bertz CT molecular complexity index is 962. The lowest BCUT2D eigenvalue weighted by atomic mass is 10.1. The number of benzene rings is 1. The number of thiophene rings is 1. The Balaban J connectivity index is 1.77. The van der Waals surface area contributed by atoms with Gasteiger partial charge in [0.1, 0.15) is 8.24 Å². The van der Waals surface area contributed by atoms with Crippen molar-refractivity contribution in [2.45, 2.75) is 110 Å². The summed E-state index contributed by atoms with van der Waals surface area (Å²) >= 11 is 2.04. The first kappa shape index (κ1) is 25.7. The minimum atomic E-state index is -1.80. The van der Waals surface area contributed by atoms with E-state index in [9.17, 15) is 0 Å². The van der Waals surface area contributed by atoms with E-state index in [0.29, 0.717) is 5.54 Å². The van der Waals surface area contributed by atoms with Crippen molar-refractivity contribution in [3.05, 3.63) is 40.3 Å². The summed E-state index contributed by atoms with van der Waals surface area (Å²) < 4.78 is 7.35. The van der Waals surface area contributed by atoms with Crippen molar-refractivity contribution in [2.75, 3.05) is 6.61 Å². The Kier molecular flexibility index (Phi) is 7.81. The van der Waals surface area contributed by atoms with Crippen LogP contribution >= 0.6 is 11.3 Å². The van der Waals surface area contributed by atoms with Gasteiger partial charge in [0.05, 0.1) is 5.60 Å². The highest BCUT2D eigenvalue weighted by Gasteiger charge is 2.46. The van der Waals surface area contributed by atoms with Crippen LogP contribution in [-0.4, -0.2) is 26.0 Å². The van der Waals surface area contributed by atoms with Crippen molar-refractivity contribution in [3.8, 4) is 0 Å². The van der Waals surface area contributed by atoms with Gasteiger partial charge in [-0.3, -0.25) is 0 Å². The number of nitrogens with one attached hydrogen (secondary N) is 1. The van der Waals surface area contributed by atoms with E-state index in [0.717, 1.165) is 6.61 Å². The van der Waals surface area contributed by atoms with Gasteiger partial charge in [0, 0.05) is 32.7 Å². The van der Waals surface area contributed by atoms with Gasteiger partial charge in [-0.15, -0.1) is 11.3 Å². The summed E-state index contributed by atoms with van der Waals surface area (Å²) in [6.45, 7) is 21.7. The predicted molar refractivity (Wildman–Crippen MR) is 146 cm³/mol. The monoisotopic (exact) mass is 471 g/mol. The average molecular weight is 472 g/mol. The topological polar surface area (TPSA) is 21.3 Å². The molecule has 1 N–H and O–H groups in total. The third-order valence-corrected chi connectivity index (χ3v) is 12.9. The molecule has 1 aliphatic carbocycles. The molecule has 4 heteroatoms. The highest BCUT2D eigenvalue weighted by Crippen LogP contribution is 2.53. The molecule has 178 valence electrons. The zero-order chi connectivity index (χ0) is 23.7. The molecule has 2 unspecified atom stereocenters. The Hall–Kier alpha value is -0.943. The number of fused-ring (bicyclic) bond motifs is 3. The van der Waals surface area contributed by atoms with Crippen molar-refractivity contribution in [2.24, 2.45) is 0 Å². The van der Waals surface area contributed by atoms with Crippen molar-refractivity contribution in [3.63, 3.8) is 0 Å².